The molecule has 0 spiro atoms. The fourth-order valence-corrected chi connectivity index (χ4v) is 1.28. The maximum absolute atomic E-state index is 10.5. The van der Waals surface area contributed by atoms with Crippen LogP contribution in [0.3, 0.4) is 0 Å². The summed E-state index contributed by atoms with van der Waals surface area (Å²) < 4.78 is 4.85. The molecule has 0 heterocycles. The standard InChI is InChI=1S/C10H11BrO2/c1-8(12)13-7-10-4-2-9(6-11)3-5-10/h2-5H,6-7H2,1H3. The maximum atomic E-state index is 10.5. The molecule has 0 radical (unpaired) electrons. The first-order valence-electron chi connectivity index (χ1n) is 3.99. The Labute approximate surface area is 86.0 Å². The van der Waals surface area contributed by atoms with Crippen molar-refractivity contribution < 1.29 is 9.53 Å². The lowest BCUT2D eigenvalue weighted by molar-refractivity contribution is -0.142. The molecule has 0 bridgehead atoms. The molecule has 0 saturated carbocycles. The zero-order valence-corrected chi connectivity index (χ0v) is 9.00. The normalized spacial score (nSPS) is 9.69. The van der Waals surface area contributed by atoms with Crippen LogP contribution in [-0.2, 0) is 21.5 Å². The van der Waals surface area contributed by atoms with Crippen LogP contribution in [0.2, 0.25) is 0 Å². The molecular formula is C10H11BrO2. The van der Waals surface area contributed by atoms with Crippen molar-refractivity contribution in [3.8, 4) is 0 Å². The van der Waals surface area contributed by atoms with Gasteiger partial charge in [-0.15, -0.1) is 0 Å². The zero-order valence-electron chi connectivity index (χ0n) is 7.42. The highest BCUT2D eigenvalue weighted by Gasteiger charge is 1.96. The van der Waals surface area contributed by atoms with E-state index in [0.29, 0.717) is 6.61 Å². The lowest BCUT2D eigenvalue weighted by Gasteiger charge is -2.02. The Morgan fingerprint density at radius 3 is 2.31 bits per heavy atom. The van der Waals surface area contributed by atoms with Gasteiger partial charge in [-0.1, -0.05) is 40.2 Å². The molecule has 0 aliphatic heterocycles. The Hall–Kier alpha value is -0.830. The molecule has 0 fully saturated rings. The highest BCUT2D eigenvalue weighted by Crippen LogP contribution is 2.08. The predicted molar refractivity (Wildman–Crippen MR) is 54.5 cm³/mol. The van der Waals surface area contributed by atoms with Gasteiger partial charge in [-0.3, -0.25) is 4.79 Å². The van der Waals surface area contributed by atoms with Gasteiger partial charge in [0.1, 0.15) is 6.61 Å². The number of carbonyl (C=O) groups excluding carboxylic acids is 1. The van der Waals surface area contributed by atoms with Crippen molar-refractivity contribution in [2.75, 3.05) is 0 Å². The summed E-state index contributed by atoms with van der Waals surface area (Å²) in [7, 11) is 0. The molecule has 13 heavy (non-hydrogen) atoms. The van der Waals surface area contributed by atoms with Crippen molar-refractivity contribution in [3.63, 3.8) is 0 Å². The van der Waals surface area contributed by atoms with E-state index in [1.807, 2.05) is 24.3 Å². The minimum absolute atomic E-state index is 0.246. The summed E-state index contributed by atoms with van der Waals surface area (Å²) in [5.41, 5.74) is 2.23. The third kappa shape index (κ3) is 3.59. The summed E-state index contributed by atoms with van der Waals surface area (Å²) in [5.74, 6) is -0.246. The van der Waals surface area contributed by atoms with Crippen molar-refractivity contribution >= 4 is 21.9 Å². The number of rotatable bonds is 3. The first-order chi connectivity index (χ1) is 6.22. The molecule has 0 aromatic heterocycles. The lowest BCUT2D eigenvalue weighted by atomic mass is 10.2. The fourth-order valence-electron chi connectivity index (χ4n) is 0.910. The number of alkyl halides is 1. The van der Waals surface area contributed by atoms with Gasteiger partial charge in [-0.25, -0.2) is 0 Å². The molecule has 70 valence electrons. The van der Waals surface area contributed by atoms with E-state index < -0.39 is 0 Å². The van der Waals surface area contributed by atoms with Crippen LogP contribution in [0, 0.1) is 0 Å². The van der Waals surface area contributed by atoms with Crippen LogP contribution in [0.1, 0.15) is 18.1 Å². The topological polar surface area (TPSA) is 26.3 Å². The van der Waals surface area contributed by atoms with E-state index in [1.165, 1.54) is 12.5 Å². The van der Waals surface area contributed by atoms with Gasteiger partial charge < -0.3 is 4.74 Å². The molecule has 0 unspecified atom stereocenters. The van der Waals surface area contributed by atoms with E-state index in [2.05, 4.69) is 15.9 Å². The molecule has 1 rings (SSSR count). The summed E-state index contributed by atoms with van der Waals surface area (Å²) in [6.45, 7) is 1.77. The number of benzene rings is 1. The number of ether oxygens (including phenoxy) is 1. The molecule has 3 heteroatoms. The van der Waals surface area contributed by atoms with E-state index in [-0.39, 0.29) is 5.97 Å². The SMILES string of the molecule is CC(=O)OCc1ccc(CBr)cc1. The Morgan fingerprint density at radius 2 is 1.85 bits per heavy atom. The van der Waals surface area contributed by atoms with Crippen LogP contribution >= 0.6 is 15.9 Å². The van der Waals surface area contributed by atoms with Gasteiger partial charge in [0.15, 0.2) is 0 Å². The van der Waals surface area contributed by atoms with E-state index in [9.17, 15) is 4.79 Å². The van der Waals surface area contributed by atoms with Crippen molar-refractivity contribution in [2.24, 2.45) is 0 Å². The Bertz CT molecular complexity index is 279. The van der Waals surface area contributed by atoms with E-state index in [4.69, 9.17) is 4.74 Å². The van der Waals surface area contributed by atoms with E-state index >= 15 is 0 Å². The quantitative estimate of drug-likeness (QED) is 0.602. The highest BCUT2D eigenvalue weighted by atomic mass is 79.9. The smallest absolute Gasteiger partial charge is 0.302 e. The second kappa shape index (κ2) is 5.02. The molecule has 2 nitrogen and oxygen atoms in total. The van der Waals surface area contributed by atoms with Gasteiger partial charge in [-0.2, -0.15) is 0 Å². The minimum atomic E-state index is -0.246. The van der Waals surface area contributed by atoms with Gasteiger partial charge in [-0.05, 0) is 11.1 Å². The molecule has 0 atom stereocenters. The van der Waals surface area contributed by atoms with Crippen molar-refractivity contribution in [1.29, 1.82) is 0 Å². The van der Waals surface area contributed by atoms with Gasteiger partial charge in [0.05, 0.1) is 0 Å². The Kier molecular flexibility index (Phi) is 3.96. The number of esters is 1. The number of hydrogen-bond acceptors (Lipinski definition) is 2. The fraction of sp³-hybridized carbons (Fsp3) is 0.300. The maximum Gasteiger partial charge on any atom is 0.302 e. The molecule has 0 N–H and O–H groups in total. The monoisotopic (exact) mass is 242 g/mol. The summed E-state index contributed by atoms with van der Waals surface area (Å²) >= 11 is 3.36. The van der Waals surface area contributed by atoms with Gasteiger partial charge in [0.25, 0.3) is 0 Å². The van der Waals surface area contributed by atoms with Gasteiger partial charge in [0.2, 0.25) is 0 Å². The van der Waals surface area contributed by atoms with Crippen LogP contribution in [-0.4, -0.2) is 5.97 Å². The van der Waals surface area contributed by atoms with Crippen LogP contribution in [0.15, 0.2) is 24.3 Å². The van der Waals surface area contributed by atoms with Crippen LogP contribution in [0.5, 0.6) is 0 Å². The van der Waals surface area contributed by atoms with Crippen LogP contribution < -0.4 is 0 Å². The summed E-state index contributed by atoms with van der Waals surface area (Å²) in [4.78, 5) is 10.5. The molecule has 0 saturated heterocycles. The first kappa shape index (κ1) is 10.3. The lowest BCUT2D eigenvalue weighted by Crippen LogP contribution is -1.98. The molecule has 1 aromatic carbocycles. The van der Waals surface area contributed by atoms with Crippen molar-refractivity contribution in [1.82, 2.24) is 0 Å². The van der Waals surface area contributed by atoms with Crippen molar-refractivity contribution in [2.45, 2.75) is 18.9 Å². The minimum Gasteiger partial charge on any atom is -0.461 e. The summed E-state index contributed by atoms with van der Waals surface area (Å²) in [6, 6.07) is 7.93. The van der Waals surface area contributed by atoms with E-state index in [0.717, 1.165) is 10.9 Å². The largest absolute Gasteiger partial charge is 0.461 e. The summed E-state index contributed by atoms with van der Waals surface area (Å²) in [6.07, 6.45) is 0. The third-order valence-electron chi connectivity index (χ3n) is 1.62. The second-order valence-electron chi connectivity index (χ2n) is 2.73. The highest BCUT2D eigenvalue weighted by molar-refractivity contribution is 9.08. The second-order valence-corrected chi connectivity index (χ2v) is 3.29. The summed E-state index contributed by atoms with van der Waals surface area (Å²) in [5, 5.41) is 0.848. The molecule has 1 aromatic rings. The number of carbonyl (C=O) groups is 1. The number of hydrogen-bond donors (Lipinski definition) is 0. The molecule has 0 aliphatic carbocycles. The van der Waals surface area contributed by atoms with E-state index in [1.54, 1.807) is 0 Å². The first-order valence-corrected chi connectivity index (χ1v) is 5.11. The average molecular weight is 243 g/mol. The Morgan fingerprint density at radius 1 is 1.31 bits per heavy atom. The van der Waals surface area contributed by atoms with Crippen LogP contribution in [0.4, 0.5) is 0 Å². The molecular weight excluding hydrogens is 232 g/mol. The predicted octanol–water partition coefficient (Wildman–Crippen LogP) is 2.64. The average Bonchev–Trinajstić information content (AvgIpc) is 2.15. The molecule has 0 aliphatic rings. The van der Waals surface area contributed by atoms with Gasteiger partial charge in [0, 0.05) is 12.3 Å². The molecule has 0 amide bonds. The van der Waals surface area contributed by atoms with Crippen LogP contribution in [0.25, 0.3) is 0 Å². The zero-order chi connectivity index (χ0) is 9.68. The Balaban J connectivity index is 2.54. The number of halogens is 1. The van der Waals surface area contributed by atoms with Crippen molar-refractivity contribution in [3.05, 3.63) is 35.4 Å². The third-order valence-corrected chi connectivity index (χ3v) is 2.27. The van der Waals surface area contributed by atoms with Gasteiger partial charge >= 0.3 is 5.97 Å².